The first-order chi connectivity index (χ1) is 17.9. The van der Waals surface area contributed by atoms with Crippen LogP contribution in [0.5, 0.6) is 5.88 Å². The van der Waals surface area contributed by atoms with Crippen molar-refractivity contribution in [1.82, 2.24) is 29.5 Å². The Bertz CT molecular complexity index is 1820. The van der Waals surface area contributed by atoms with E-state index in [9.17, 15) is 14.3 Å². The predicted molar refractivity (Wildman–Crippen MR) is 135 cm³/mol. The number of hydrogen-bond acceptors (Lipinski definition) is 7. The number of rotatable bonds is 6. The molecule has 0 atom stereocenters. The van der Waals surface area contributed by atoms with Crippen molar-refractivity contribution >= 4 is 29.3 Å². The molecular formula is C25H20ClFN8O2. The van der Waals surface area contributed by atoms with E-state index in [1.807, 2.05) is 12.1 Å². The van der Waals surface area contributed by atoms with Gasteiger partial charge in [0.05, 0.1) is 12.2 Å². The van der Waals surface area contributed by atoms with Crippen molar-refractivity contribution in [2.75, 3.05) is 5.32 Å². The number of H-pyrrole nitrogens is 2. The maximum atomic E-state index is 14.1. The van der Waals surface area contributed by atoms with Gasteiger partial charge in [-0.25, -0.2) is 14.2 Å². The molecule has 0 aliphatic heterocycles. The van der Waals surface area contributed by atoms with Crippen LogP contribution in [0.1, 0.15) is 24.1 Å². The summed E-state index contributed by atoms with van der Waals surface area (Å²) in [7, 11) is 0. The number of aromatic hydroxyl groups is 1. The minimum absolute atomic E-state index is 0.180. The third kappa shape index (κ3) is 4.81. The van der Waals surface area contributed by atoms with E-state index in [4.69, 9.17) is 11.6 Å². The van der Waals surface area contributed by atoms with E-state index in [1.54, 1.807) is 30.5 Å². The monoisotopic (exact) mass is 518 g/mol. The molecule has 37 heavy (non-hydrogen) atoms. The van der Waals surface area contributed by atoms with Crippen LogP contribution in [0.2, 0.25) is 5.02 Å². The molecule has 1 fully saturated rings. The highest BCUT2D eigenvalue weighted by molar-refractivity contribution is 6.30. The quantitative estimate of drug-likeness (QED) is 0.273. The van der Waals surface area contributed by atoms with Crippen LogP contribution in [-0.4, -0.2) is 40.7 Å². The molecule has 4 N–H and O–H groups in total. The van der Waals surface area contributed by atoms with Crippen molar-refractivity contribution in [2.45, 2.75) is 25.4 Å². The lowest BCUT2D eigenvalue weighted by Crippen LogP contribution is -2.24. The van der Waals surface area contributed by atoms with Crippen LogP contribution in [0.3, 0.4) is 0 Å². The molecule has 186 valence electrons. The standard InChI is InChI=1S/C25H20ClFN8O2/c26-16-3-1-2-13(8-16)19-10-17(27)5-4-14(19)11-28-23-32-21-15(9-20-22(36)33-25(37)31-20)12-29-35(21)24(34-23)30-18-6-7-18/h1-5,8-10,12,18,36H,6-7,11H2,(H,28,30,34)(H2,31,33,37). The Balaban J connectivity index is 1.41. The Labute approximate surface area is 213 Å². The van der Waals surface area contributed by atoms with E-state index in [1.165, 1.54) is 16.6 Å². The Morgan fingerprint density at radius 3 is 2.84 bits per heavy atom. The zero-order valence-corrected chi connectivity index (χ0v) is 20.0. The molecule has 0 bridgehead atoms. The van der Waals surface area contributed by atoms with Gasteiger partial charge in [-0.2, -0.15) is 19.6 Å². The summed E-state index contributed by atoms with van der Waals surface area (Å²) in [6.07, 6.45) is 5.07. The molecular weight excluding hydrogens is 499 g/mol. The fraction of sp³-hybridized carbons (Fsp3) is 0.160. The van der Waals surface area contributed by atoms with Gasteiger partial charge in [0.15, 0.2) is 5.65 Å². The minimum Gasteiger partial charge on any atom is -0.493 e. The van der Waals surface area contributed by atoms with Gasteiger partial charge in [-0.05, 0) is 59.9 Å². The van der Waals surface area contributed by atoms with Crippen molar-refractivity contribution in [3.05, 3.63) is 92.1 Å². The number of aromatic amines is 2. The first kappa shape index (κ1) is 22.9. The maximum absolute atomic E-state index is 14.1. The van der Waals surface area contributed by atoms with E-state index >= 15 is 0 Å². The fourth-order valence-corrected chi connectivity index (χ4v) is 4.15. The largest absolute Gasteiger partial charge is 0.493 e. The Kier molecular flexibility index (Phi) is 5.68. The topological polar surface area (TPSA) is 136 Å². The molecule has 10 nitrogen and oxygen atoms in total. The molecule has 6 rings (SSSR count). The van der Waals surface area contributed by atoms with Gasteiger partial charge in [-0.15, -0.1) is 0 Å². The van der Waals surface area contributed by atoms with Crippen molar-refractivity contribution < 1.29 is 9.50 Å². The van der Waals surface area contributed by atoms with Gasteiger partial charge < -0.3 is 15.4 Å². The molecule has 0 amide bonds. The van der Waals surface area contributed by atoms with Gasteiger partial charge in [0, 0.05) is 16.8 Å². The predicted octanol–water partition coefficient (Wildman–Crippen LogP) is 2.53. The van der Waals surface area contributed by atoms with Crippen LogP contribution in [0.4, 0.5) is 10.3 Å². The summed E-state index contributed by atoms with van der Waals surface area (Å²) < 4.78 is 15.6. The number of nitrogens with zero attached hydrogens (tertiary/aromatic N) is 5. The average Bonchev–Trinajstić information content (AvgIpc) is 3.51. The lowest BCUT2D eigenvalue weighted by molar-refractivity contribution is 0.454. The number of anilines is 1. The number of halogens is 2. The van der Waals surface area contributed by atoms with E-state index in [-0.39, 0.29) is 23.4 Å². The van der Waals surface area contributed by atoms with Crippen LogP contribution in [0, 0.1) is 5.82 Å². The molecule has 0 radical (unpaired) electrons. The molecule has 5 aromatic rings. The Hall–Kier alpha value is -4.51. The average molecular weight is 519 g/mol. The van der Waals surface area contributed by atoms with E-state index in [0.29, 0.717) is 39.6 Å². The Morgan fingerprint density at radius 1 is 1.22 bits per heavy atom. The van der Waals surface area contributed by atoms with Crippen molar-refractivity contribution in [3.63, 3.8) is 0 Å². The van der Waals surface area contributed by atoms with E-state index < -0.39 is 5.69 Å². The van der Waals surface area contributed by atoms with Gasteiger partial charge in [-0.1, -0.05) is 29.8 Å². The third-order valence-electron chi connectivity index (χ3n) is 5.90. The first-order valence-corrected chi connectivity index (χ1v) is 11.9. The zero-order valence-electron chi connectivity index (χ0n) is 19.2. The SMILES string of the molecule is O=c1[nH]c(O)c(C=c2cnn3c(=NC4CC4)nc(NCc4ccc(F)cc4-c4cccc(Cl)c4)nc23)[nH]1. The highest BCUT2D eigenvalue weighted by Crippen LogP contribution is 2.27. The van der Waals surface area contributed by atoms with Crippen LogP contribution >= 0.6 is 11.6 Å². The number of benzene rings is 2. The normalized spacial score (nSPS) is 14.5. The van der Waals surface area contributed by atoms with Crippen LogP contribution in [0.15, 0.2) is 58.4 Å². The van der Waals surface area contributed by atoms with Crippen molar-refractivity contribution in [2.24, 2.45) is 4.99 Å². The van der Waals surface area contributed by atoms with Gasteiger partial charge in [0.2, 0.25) is 11.8 Å². The maximum Gasteiger partial charge on any atom is 0.326 e. The highest BCUT2D eigenvalue weighted by atomic mass is 35.5. The Morgan fingerprint density at radius 2 is 2.08 bits per heavy atom. The van der Waals surface area contributed by atoms with Gasteiger partial charge >= 0.3 is 5.69 Å². The summed E-state index contributed by atoms with van der Waals surface area (Å²) in [6.45, 7) is 0.306. The molecule has 2 aromatic carbocycles. The van der Waals surface area contributed by atoms with E-state index in [2.05, 4.69) is 35.3 Å². The van der Waals surface area contributed by atoms with Gasteiger partial charge in [0.25, 0.3) is 5.62 Å². The second kappa shape index (κ2) is 9.17. The minimum atomic E-state index is -0.531. The highest BCUT2D eigenvalue weighted by Gasteiger charge is 2.21. The summed E-state index contributed by atoms with van der Waals surface area (Å²) in [5.74, 6) is -0.341. The molecule has 0 spiro atoms. The van der Waals surface area contributed by atoms with Crippen molar-refractivity contribution in [3.8, 4) is 17.0 Å². The molecule has 3 aromatic heterocycles. The van der Waals surface area contributed by atoms with Gasteiger partial charge in [0.1, 0.15) is 11.5 Å². The van der Waals surface area contributed by atoms with Crippen LogP contribution < -0.4 is 21.8 Å². The second-order valence-corrected chi connectivity index (χ2v) is 9.13. The summed E-state index contributed by atoms with van der Waals surface area (Å²) in [4.78, 5) is 30.2. The second-order valence-electron chi connectivity index (χ2n) is 8.69. The van der Waals surface area contributed by atoms with Crippen molar-refractivity contribution in [1.29, 1.82) is 0 Å². The summed E-state index contributed by atoms with van der Waals surface area (Å²) in [5.41, 5.74) is 2.80. The summed E-state index contributed by atoms with van der Waals surface area (Å²) in [6, 6.07) is 12.0. The molecule has 1 saturated carbocycles. The smallest absolute Gasteiger partial charge is 0.326 e. The van der Waals surface area contributed by atoms with E-state index in [0.717, 1.165) is 24.0 Å². The zero-order chi connectivity index (χ0) is 25.5. The number of fused-ring (bicyclic) bond motifs is 1. The third-order valence-corrected chi connectivity index (χ3v) is 6.14. The first-order valence-electron chi connectivity index (χ1n) is 11.5. The summed E-state index contributed by atoms with van der Waals surface area (Å²) >= 11 is 6.16. The van der Waals surface area contributed by atoms with Gasteiger partial charge in [-0.3, -0.25) is 4.98 Å². The number of aromatic nitrogens is 6. The molecule has 1 aliphatic carbocycles. The molecule has 1 aliphatic rings. The summed E-state index contributed by atoms with van der Waals surface area (Å²) in [5, 5.41) is 18.6. The molecule has 3 heterocycles. The lowest BCUT2D eigenvalue weighted by Gasteiger charge is -2.12. The van der Waals surface area contributed by atoms with Crippen LogP contribution in [0.25, 0.3) is 22.9 Å². The number of imidazole rings is 1. The molecule has 0 saturated heterocycles. The fourth-order valence-electron chi connectivity index (χ4n) is 3.96. The van der Waals surface area contributed by atoms with Crippen LogP contribution in [-0.2, 0) is 6.54 Å². The molecule has 12 heteroatoms. The number of nitrogens with one attached hydrogen (secondary N) is 3. The number of hydrogen-bond donors (Lipinski definition) is 4. The molecule has 0 unspecified atom stereocenters. The lowest BCUT2D eigenvalue weighted by atomic mass is 9.99.